The van der Waals surface area contributed by atoms with Gasteiger partial charge in [0.25, 0.3) is 0 Å². The molecule has 0 aliphatic carbocycles. The van der Waals surface area contributed by atoms with Gasteiger partial charge in [0, 0.05) is 25.5 Å². The number of aliphatic carboxylic acids is 1. The number of carbonyl (C=O) groups excluding carboxylic acids is 1. The third-order valence-corrected chi connectivity index (χ3v) is 0.400. The fraction of sp³-hybridized carbons (Fsp3) is 0.500. The maximum atomic E-state index is 9.87. The number of carboxylic acid groups (broad SMARTS) is 1. The van der Waals surface area contributed by atoms with Crippen LogP contribution in [0, 0.1) is 0 Å². The Bertz CT molecular complexity index is 92.0. The van der Waals surface area contributed by atoms with E-state index in [1.165, 1.54) is 6.92 Å². The van der Waals surface area contributed by atoms with Gasteiger partial charge in [0.05, 0.1) is 0 Å². The van der Waals surface area contributed by atoms with Gasteiger partial charge < -0.3 is 5.11 Å². The summed E-state index contributed by atoms with van der Waals surface area (Å²) in [4.78, 5) is 19.5. The number of hydrogen-bond donors (Lipinski definition) is 1. The Balaban J connectivity index is -0.000000180. The van der Waals surface area contributed by atoms with Gasteiger partial charge in [-0.2, -0.15) is 0 Å². The molecule has 0 amide bonds. The number of ketones is 1. The minimum Gasteiger partial charge on any atom is -0.481 e. The van der Waals surface area contributed by atoms with Gasteiger partial charge in [0.15, 0.2) is 0 Å². The van der Waals surface area contributed by atoms with Gasteiger partial charge in [-0.05, 0) is 6.92 Å². The summed E-state index contributed by atoms with van der Waals surface area (Å²) in [6.45, 7) is 1.24. The van der Waals surface area contributed by atoms with Crippen molar-refractivity contribution >= 4 is 20.2 Å². The molecular weight excluding hydrogens is 170 g/mol. The molecule has 0 aliphatic rings. The second-order valence-corrected chi connectivity index (χ2v) is 1.27. The quantitative estimate of drug-likeness (QED) is 0.463. The van der Waals surface area contributed by atoms with E-state index in [1.807, 2.05) is 0 Å². The summed E-state index contributed by atoms with van der Waals surface area (Å²) >= 11 is 0. The molecule has 0 saturated heterocycles. The van der Waals surface area contributed by atoms with Crippen LogP contribution in [0.1, 0.15) is 13.3 Å². The molecule has 0 aliphatic heterocycles. The molecule has 0 aromatic rings. The second kappa shape index (κ2) is 7.72. The fourth-order valence-corrected chi connectivity index (χ4v) is 0.213. The van der Waals surface area contributed by atoms with Gasteiger partial charge in [0.2, 0.25) is 0 Å². The van der Waals surface area contributed by atoms with Crippen molar-refractivity contribution in [1.82, 2.24) is 0 Å². The predicted octanol–water partition coefficient (Wildman–Crippen LogP) is -0.333. The second-order valence-electron chi connectivity index (χ2n) is 1.27. The maximum absolute atomic E-state index is 9.87. The number of carbonyl (C=O) groups is 2. The molecule has 0 saturated carbocycles. The summed E-state index contributed by atoms with van der Waals surface area (Å²) in [6, 6.07) is 0. The first-order chi connectivity index (χ1) is 3.13. The van der Waals surface area contributed by atoms with Gasteiger partial charge in [-0.3, -0.25) is 9.59 Å². The van der Waals surface area contributed by atoms with Crippen LogP contribution in [0.4, 0.5) is 0 Å². The number of rotatable bonds is 2. The molecule has 0 unspecified atom stereocenters. The summed E-state index contributed by atoms with van der Waals surface area (Å²) in [5, 5.41) is 7.86. The van der Waals surface area contributed by atoms with Crippen LogP contribution in [0.5, 0.6) is 0 Å². The van der Waals surface area contributed by atoms with Crippen molar-refractivity contribution in [1.29, 1.82) is 0 Å². The van der Waals surface area contributed by atoms with E-state index in [-0.39, 0.29) is 37.7 Å². The van der Waals surface area contributed by atoms with Crippen molar-refractivity contribution in [2.24, 2.45) is 0 Å². The Morgan fingerprint density at radius 1 is 1.44 bits per heavy atom. The molecule has 5 heteroatoms. The van der Waals surface area contributed by atoms with E-state index in [4.69, 9.17) is 5.11 Å². The number of hydrogen-bond acceptors (Lipinski definition) is 2. The smallest absolute Gasteiger partial charge is 0.310 e. The van der Waals surface area contributed by atoms with Gasteiger partial charge in [0.1, 0.15) is 12.2 Å². The van der Waals surface area contributed by atoms with Crippen molar-refractivity contribution in [3.8, 4) is 0 Å². The Morgan fingerprint density at radius 3 is 1.78 bits per heavy atom. The Kier molecular flexibility index (Phi) is 13.6. The van der Waals surface area contributed by atoms with Crippen LogP contribution in [0.25, 0.3) is 0 Å². The minimum absolute atomic E-state index is 0. The van der Waals surface area contributed by atoms with Crippen molar-refractivity contribution < 1.29 is 31.8 Å². The standard InChI is InChI=1S/C4H6O3.B.Cu/c1-3(5)2-4(6)7;;/h2H2,1H3,(H,6,7);;. The molecule has 0 rings (SSSR count). The molecule has 0 fully saturated rings. The number of carboxylic acids is 1. The van der Waals surface area contributed by atoms with Crippen molar-refractivity contribution in [2.75, 3.05) is 0 Å². The summed E-state index contributed by atoms with van der Waals surface area (Å²) < 4.78 is 0. The normalized spacial score (nSPS) is 6.33. The molecular formula is C4H6BCuO3. The number of Topliss-reactive ketones (excluding diaryl/α,β-unsaturated/α-hetero) is 1. The van der Waals surface area contributed by atoms with Crippen LogP contribution in [0.15, 0.2) is 0 Å². The van der Waals surface area contributed by atoms with E-state index in [1.54, 1.807) is 0 Å². The van der Waals surface area contributed by atoms with Crippen molar-refractivity contribution in [2.45, 2.75) is 13.3 Å². The van der Waals surface area contributed by atoms with E-state index < -0.39 is 5.97 Å². The van der Waals surface area contributed by atoms with Gasteiger partial charge in [-0.1, -0.05) is 0 Å². The third kappa shape index (κ3) is 18.2. The maximum Gasteiger partial charge on any atom is 0.310 e. The van der Waals surface area contributed by atoms with E-state index >= 15 is 0 Å². The van der Waals surface area contributed by atoms with Crippen LogP contribution in [-0.4, -0.2) is 25.3 Å². The zero-order valence-corrected chi connectivity index (χ0v) is 5.79. The van der Waals surface area contributed by atoms with Gasteiger partial charge in [-0.15, -0.1) is 0 Å². The summed E-state index contributed by atoms with van der Waals surface area (Å²) in [5.41, 5.74) is 0. The fourth-order valence-electron chi connectivity index (χ4n) is 0.213. The van der Waals surface area contributed by atoms with E-state index in [2.05, 4.69) is 0 Å². The molecule has 1 N–H and O–H groups in total. The van der Waals surface area contributed by atoms with Crippen LogP contribution in [-0.2, 0) is 26.7 Å². The first kappa shape index (κ1) is 15.9. The average Bonchev–Trinajstić information content (AvgIpc) is 1.27. The summed E-state index contributed by atoms with van der Waals surface area (Å²) in [5.74, 6) is -1.37. The zero-order chi connectivity index (χ0) is 5.86. The van der Waals surface area contributed by atoms with E-state index in [0.717, 1.165) is 0 Å². The molecule has 0 bridgehead atoms. The van der Waals surface area contributed by atoms with Crippen molar-refractivity contribution in [3.63, 3.8) is 0 Å². The first-order valence-electron chi connectivity index (χ1n) is 1.84. The van der Waals surface area contributed by atoms with Crippen LogP contribution < -0.4 is 0 Å². The Labute approximate surface area is 65.9 Å². The molecule has 4 radical (unpaired) electrons. The summed E-state index contributed by atoms with van der Waals surface area (Å²) in [7, 11) is 0. The molecule has 0 aromatic heterocycles. The molecule has 0 aromatic carbocycles. The monoisotopic (exact) mass is 176 g/mol. The van der Waals surface area contributed by atoms with Crippen LogP contribution in [0.2, 0.25) is 0 Å². The largest absolute Gasteiger partial charge is 0.481 e. The SMILES string of the molecule is CC(=O)CC(=O)O.[B].[Cu]. The van der Waals surface area contributed by atoms with E-state index in [9.17, 15) is 9.59 Å². The Hall–Kier alpha value is -0.276. The topological polar surface area (TPSA) is 54.4 Å². The summed E-state index contributed by atoms with van der Waals surface area (Å²) in [6.07, 6.45) is -0.361. The minimum atomic E-state index is -1.06. The molecule has 54 valence electrons. The third-order valence-electron chi connectivity index (χ3n) is 0.400. The van der Waals surface area contributed by atoms with Gasteiger partial charge in [-0.25, -0.2) is 0 Å². The zero-order valence-electron chi connectivity index (χ0n) is 4.85. The van der Waals surface area contributed by atoms with E-state index in [0.29, 0.717) is 0 Å². The molecule has 0 heterocycles. The van der Waals surface area contributed by atoms with Crippen LogP contribution >= 0.6 is 0 Å². The predicted molar refractivity (Wildman–Crippen MR) is 28.7 cm³/mol. The average molecular weight is 176 g/mol. The molecule has 0 atom stereocenters. The first-order valence-corrected chi connectivity index (χ1v) is 1.84. The molecule has 3 nitrogen and oxygen atoms in total. The molecule has 0 spiro atoms. The molecule has 9 heavy (non-hydrogen) atoms. The van der Waals surface area contributed by atoms with Gasteiger partial charge >= 0.3 is 5.97 Å². The van der Waals surface area contributed by atoms with Crippen molar-refractivity contribution in [3.05, 3.63) is 0 Å². The van der Waals surface area contributed by atoms with Crippen LogP contribution in [0.3, 0.4) is 0 Å². The Morgan fingerprint density at radius 2 is 1.78 bits per heavy atom.